The van der Waals surface area contributed by atoms with E-state index in [1.807, 2.05) is 0 Å². The Kier molecular flexibility index (Phi) is 3.76. The monoisotopic (exact) mass is 412 g/mol. The van der Waals surface area contributed by atoms with E-state index in [4.69, 9.17) is 4.74 Å². The first-order chi connectivity index (χ1) is 10.00. The molecule has 1 saturated heterocycles. The highest BCUT2D eigenvalue weighted by Gasteiger charge is 2.54. The second-order valence-electron chi connectivity index (χ2n) is 7.24. The summed E-state index contributed by atoms with van der Waals surface area (Å²) in [5, 5.41) is 1.39. The Balaban J connectivity index is 0.00000144. The summed E-state index contributed by atoms with van der Waals surface area (Å²) in [6.45, 7) is 5.06. The lowest BCUT2D eigenvalue weighted by atomic mass is 9.84. The third-order valence-corrected chi connectivity index (χ3v) is 6.38. The van der Waals surface area contributed by atoms with Crippen molar-refractivity contribution in [3.05, 3.63) is 29.5 Å². The largest absolute Gasteiger partial charge is 1.00 e. The van der Waals surface area contributed by atoms with Gasteiger partial charge in [-0.15, -0.1) is 0 Å². The first-order valence-electron chi connectivity index (χ1n) is 8.01. The first-order valence-corrected chi connectivity index (χ1v) is 8.01. The minimum Gasteiger partial charge on any atom is -1.00 e. The molecule has 22 heavy (non-hydrogen) atoms. The third kappa shape index (κ3) is 1.83. The maximum absolute atomic E-state index is 5.44. The standard InChI is InChI=1S/C18H25N2O.HI/c1-18-9-5-10-20(18,3)11-8-14-15-12-13(21-4)6-7-16(15)19(2)17(14)18;/h6-7,12H,5,8-11H2,1-4H3;1H/q+1;/p-1. The van der Waals surface area contributed by atoms with Crippen molar-refractivity contribution in [1.82, 2.24) is 4.57 Å². The fourth-order valence-electron chi connectivity index (χ4n) is 4.95. The van der Waals surface area contributed by atoms with Gasteiger partial charge in [0.1, 0.15) is 11.3 Å². The van der Waals surface area contributed by atoms with Gasteiger partial charge in [-0.3, -0.25) is 0 Å². The van der Waals surface area contributed by atoms with Crippen LogP contribution in [0.5, 0.6) is 5.75 Å². The van der Waals surface area contributed by atoms with Gasteiger partial charge in [0, 0.05) is 37.2 Å². The average molecular weight is 412 g/mol. The molecule has 2 aliphatic rings. The van der Waals surface area contributed by atoms with Gasteiger partial charge < -0.3 is 37.8 Å². The van der Waals surface area contributed by atoms with Crippen LogP contribution in [0.1, 0.15) is 31.0 Å². The molecule has 0 amide bonds. The van der Waals surface area contributed by atoms with Crippen LogP contribution in [-0.4, -0.2) is 36.3 Å². The van der Waals surface area contributed by atoms with Crippen LogP contribution in [0.4, 0.5) is 0 Å². The molecular formula is C18H25IN2O. The molecule has 2 unspecified atom stereocenters. The highest BCUT2D eigenvalue weighted by Crippen LogP contribution is 2.50. The van der Waals surface area contributed by atoms with Gasteiger partial charge in [0.15, 0.2) is 0 Å². The topological polar surface area (TPSA) is 14.2 Å². The van der Waals surface area contributed by atoms with Gasteiger partial charge in [-0.1, -0.05) is 0 Å². The summed E-state index contributed by atoms with van der Waals surface area (Å²) in [4.78, 5) is 0. The Morgan fingerprint density at radius 2 is 2.05 bits per heavy atom. The molecule has 0 saturated carbocycles. The molecule has 2 aromatic rings. The van der Waals surface area contributed by atoms with E-state index in [0.717, 1.165) is 5.75 Å². The summed E-state index contributed by atoms with van der Waals surface area (Å²) in [5.41, 5.74) is 4.75. The number of hydrogen-bond donors (Lipinski definition) is 0. The van der Waals surface area contributed by atoms with Crippen LogP contribution in [0.15, 0.2) is 18.2 Å². The van der Waals surface area contributed by atoms with E-state index in [1.54, 1.807) is 18.4 Å². The minimum atomic E-state index is 0. The highest BCUT2D eigenvalue weighted by molar-refractivity contribution is 5.87. The molecule has 0 N–H and O–H groups in total. The predicted octanol–water partition coefficient (Wildman–Crippen LogP) is 0.203. The number of benzene rings is 1. The van der Waals surface area contributed by atoms with Gasteiger partial charge in [-0.05, 0) is 30.7 Å². The fraction of sp³-hybridized carbons (Fsp3) is 0.556. The Morgan fingerprint density at radius 1 is 1.27 bits per heavy atom. The molecule has 3 heterocycles. The number of aromatic nitrogens is 1. The van der Waals surface area contributed by atoms with Crippen LogP contribution in [0.25, 0.3) is 10.9 Å². The Hall–Kier alpha value is -0.750. The molecule has 1 aromatic carbocycles. The van der Waals surface area contributed by atoms with Gasteiger partial charge in [0.2, 0.25) is 0 Å². The van der Waals surface area contributed by atoms with Gasteiger partial charge >= 0.3 is 0 Å². The molecule has 2 atom stereocenters. The molecule has 4 heteroatoms. The van der Waals surface area contributed by atoms with Crippen molar-refractivity contribution >= 4 is 10.9 Å². The van der Waals surface area contributed by atoms with E-state index in [-0.39, 0.29) is 29.5 Å². The number of aryl methyl sites for hydroxylation is 1. The minimum absolute atomic E-state index is 0. The normalized spacial score (nSPS) is 29.8. The lowest BCUT2D eigenvalue weighted by Gasteiger charge is -2.48. The summed E-state index contributed by atoms with van der Waals surface area (Å²) >= 11 is 0. The van der Waals surface area contributed by atoms with Crippen LogP contribution in [-0.2, 0) is 19.0 Å². The summed E-state index contributed by atoms with van der Waals surface area (Å²) in [6, 6.07) is 6.52. The number of rotatable bonds is 1. The summed E-state index contributed by atoms with van der Waals surface area (Å²) in [7, 11) is 6.45. The zero-order valence-corrected chi connectivity index (χ0v) is 16.1. The quantitative estimate of drug-likeness (QED) is 0.483. The fourth-order valence-corrected chi connectivity index (χ4v) is 4.95. The molecule has 1 aromatic heterocycles. The molecule has 2 aliphatic heterocycles. The van der Waals surface area contributed by atoms with Crippen molar-refractivity contribution < 1.29 is 33.2 Å². The second-order valence-corrected chi connectivity index (χ2v) is 7.24. The Labute approximate surface area is 149 Å². The number of methoxy groups -OCH3 is 1. The van der Waals surface area contributed by atoms with Crippen LogP contribution < -0.4 is 28.7 Å². The number of likely N-dealkylation sites (N-methyl/N-ethyl adjacent to an activating group) is 1. The second kappa shape index (κ2) is 5.13. The summed E-state index contributed by atoms with van der Waals surface area (Å²) in [6.07, 6.45) is 3.83. The number of hydrogen-bond acceptors (Lipinski definition) is 1. The number of halogens is 1. The van der Waals surface area contributed by atoms with Gasteiger partial charge in [0.25, 0.3) is 0 Å². The molecule has 0 radical (unpaired) electrons. The van der Waals surface area contributed by atoms with Crippen LogP contribution in [0.2, 0.25) is 0 Å². The number of nitrogens with zero attached hydrogens (tertiary/aromatic N) is 2. The van der Waals surface area contributed by atoms with Crippen molar-refractivity contribution in [2.45, 2.75) is 31.7 Å². The van der Waals surface area contributed by atoms with Crippen molar-refractivity contribution in [2.24, 2.45) is 7.05 Å². The highest BCUT2D eigenvalue weighted by atomic mass is 127. The van der Waals surface area contributed by atoms with E-state index in [9.17, 15) is 0 Å². The maximum Gasteiger partial charge on any atom is 0.137 e. The molecule has 120 valence electrons. The van der Waals surface area contributed by atoms with Gasteiger partial charge in [-0.2, -0.15) is 0 Å². The summed E-state index contributed by atoms with van der Waals surface area (Å²) in [5.74, 6) is 0.968. The maximum atomic E-state index is 5.44. The van der Waals surface area contributed by atoms with Crippen LogP contribution >= 0.6 is 0 Å². The lowest BCUT2D eigenvalue weighted by molar-refractivity contribution is -0.954. The predicted molar refractivity (Wildman–Crippen MR) is 85.7 cm³/mol. The van der Waals surface area contributed by atoms with Crippen molar-refractivity contribution in [2.75, 3.05) is 27.2 Å². The number of fused-ring (bicyclic) bond motifs is 5. The van der Waals surface area contributed by atoms with Crippen molar-refractivity contribution in [1.29, 1.82) is 0 Å². The van der Waals surface area contributed by atoms with E-state index in [0.29, 0.717) is 0 Å². The van der Waals surface area contributed by atoms with Gasteiger partial charge in [0.05, 0.1) is 32.9 Å². The SMILES string of the molecule is COc1ccc2c(c1)c1c(n2C)C2(C)CCC[N+]2(C)CC1.[I-]. The molecule has 0 spiro atoms. The van der Waals surface area contributed by atoms with Gasteiger partial charge in [-0.25, -0.2) is 0 Å². The number of ether oxygens (including phenoxy) is 1. The molecular weight excluding hydrogens is 387 g/mol. The molecule has 1 fully saturated rings. The zero-order valence-electron chi connectivity index (χ0n) is 13.9. The lowest BCUT2D eigenvalue weighted by Crippen LogP contribution is -3.00. The number of quaternary nitrogens is 1. The van der Waals surface area contributed by atoms with E-state index < -0.39 is 0 Å². The Bertz CT molecular complexity index is 738. The Morgan fingerprint density at radius 3 is 2.77 bits per heavy atom. The van der Waals surface area contributed by atoms with E-state index >= 15 is 0 Å². The van der Waals surface area contributed by atoms with Crippen molar-refractivity contribution in [3.63, 3.8) is 0 Å². The third-order valence-electron chi connectivity index (χ3n) is 6.38. The van der Waals surface area contributed by atoms with E-state index in [2.05, 4.69) is 43.8 Å². The van der Waals surface area contributed by atoms with Crippen LogP contribution in [0, 0.1) is 0 Å². The molecule has 3 nitrogen and oxygen atoms in total. The van der Waals surface area contributed by atoms with E-state index in [1.165, 1.54) is 47.7 Å². The van der Waals surface area contributed by atoms with Crippen LogP contribution in [0.3, 0.4) is 0 Å². The molecule has 4 rings (SSSR count). The zero-order chi connectivity index (χ0) is 14.8. The molecule has 0 aliphatic carbocycles. The summed E-state index contributed by atoms with van der Waals surface area (Å²) < 4.78 is 9.10. The van der Waals surface area contributed by atoms with Crippen molar-refractivity contribution in [3.8, 4) is 5.75 Å². The first kappa shape index (κ1) is 16.1. The molecule has 0 bridgehead atoms. The average Bonchev–Trinajstić information content (AvgIpc) is 2.94. The smallest absolute Gasteiger partial charge is 0.137 e.